The zero-order valence-corrected chi connectivity index (χ0v) is 6.83. The molecule has 0 unspecified atom stereocenters. The van der Waals surface area contributed by atoms with Crippen LogP contribution in [0.15, 0.2) is 30.3 Å². The van der Waals surface area contributed by atoms with Gasteiger partial charge in [0, 0.05) is 18.8 Å². The monoisotopic (exact) mass is 147 g/mol. The molecular weight excluding hydrogens is 134 g/mol. The first-order valence-corrected chi connectivity index (χ1v) is 4.16. The maximum atomic E-state index is 2.41. The van der Waals surface area contributed by atoms with Crippen LogP contribution in [0.5, 0.6) is 0 Å². The van der Waals surface area contributed by atoms with Gasteiger partial charge in [0.1, 0.15) is 0 Å². The zero-order valence-electron chi connectivity index (χ0n) is 6.83. The highest BCUT2D eigenvalue weighted by Crippen LogP contribution is 2.22. The summed E-state index contributed by atoms with van der Waals surface area (Å²) >= 11 is 0. The minimum absolute atomic E-state index is 0.884. The molecule has 0 spiro atoms. The minimum atomic E-state index is 0.884. The second-order valence-electron chi connectivity index (χ2n) is 3.35. The highest BCUT2D eigenvalue weighted by molar-refractivity contribution is 5.48. The van der Waals surface area contributed by atoms with Crippen molar-refractivity contribution in [1.29, 1.82) is 0 Å². The lowest BCUT2D eigenvalue weighted by Gasteiger charge is -2.39. The van der Waals surface area contributed by atoms with Gasteiger partial charge in [-0.1, -0.05) is 25.1 Å². The van der Waals surface area contributed by atoms with Gasteiger partial charge in [-0.15, -0.1) is 0 Å². The van der Waals surface area contributed by atoms with Gasteiger partial charge >= 0.3 is 0 Å². The number of hydrogen-bond donors (Lipinski definition) is 0. The Balaban J connectivity index is 2.08. The van der Waals surface area contributed by atoms with E-state index in [4.69, 9.17) is 0 Å². The third-order valence-electron chi connectivity index (χ3n) is 2.19. The maximum Gasteiger partial charge on any atom is 0.0366 e. The summed E-state index contributed by atoms with van der Waals surface area (Å²) in [5, 5.41) is 0. The number of rotatable bonds is 1. The molecule has 1 heterocycles. The third-order valence-corrected chi connectivity index (χ3v) is 2.19. The second kappa shape index (κ2) is 2.57. The molecule has 0 N–H and O–H groups in total. The molecule has 1 heteroatoms. The Hall–Kier alpha value is -0.980. The average Bonchev–Trinajstić information content (AvgIpc) is 2.01. The molecule has 1 aromatic carbocycles. The Morgan fingerprint density at radius 2 is 1.82 bits per heavy atom. The summed E-state index contributed by atoms with van der Waals surface area (Å²) in [6.07, 6.45) is 0. The Labute approximate surface area is 67.6 Å². The quantitative estimate of drug-likeness (QED) is 0.588. The van der Waals surface area contributed by atoms with Crippen LogP contribution in [0.1, 0.15) is 6.92 Å². The number of para-hydroxylation sites is 1. The van der Waals surface area contributed by atoms with E-state index in [1.54, 1.807) is 0 Å². The standard InChI is InChI=1S/C10H13N/c1-9-7-11(8-9)10-5-3-2-4-6-10/h2-6,9H,7-8H2,1H3. The maximum absolute atomic E-state index is 2.41. The molecule has 58 valence electrons. The first-order valence-electron chi connectivity index (χ1n) is 4.16. The highest BCUT2D eigenvalue weighted by Gasteiger charge is 2.21. The van der Waals surface area contributed by atoms with Crippen molar-refractivity contribution in [2.24, 2.45) is 5.92 Å². The van der Waals surface area contributed by atoms with Crippen LogP contribution in [-0.2, 0) is 0 Å². The molecule has 0 aromatic heterocycles. The van der Waals surface area contributed by atoms with Crippen molar-refractivity contribution in [2.45, 2.75) is 6.92 Å². The summed E-state index contributed by atoms with van der Waals surface area (Å²) in [6.45, 7) is 4.74. The fraction of sp³-hybridized carbons (Fsp3) is 0.400. The first-order chi connectivity index (χ1) is 5.36. The summed E-state index contributed by atoms with van der Waals surface area (Å²) in [4.78, 5) is 2.41. The van der Waals surface area contributed by atoms with Crippen molar-refractivity contribution in [1.82, 2.24) is 0 Å². The molecule has 0 aliphatic carbocycles. The molecule has 0 amide bonds. The second-order valence-corrected chi connectivity index (χ2v) is 3.35. The van der Waals surface area contributed by atoms with Gasteiger partial charge in [-0.2, -0.15) is 0 Å². The Kier molecular flexibility index (Phi) is 1.57. The molecule has 1 fully saturated rings. The lowest BCUT2D eigenvalue weighted by Crippen LogP contribution is -2.45. The molecule has 1 aromatic rings. The van der Waals surface area contributed by atoms with E-state index in [2.05, 4.69) is 42.2 Å². The largest absolute Gasteiger partial charge is 0.371 e. The van der Waals surface area contributed by atoms with E-state index in [-0.39, 0.29) is 0 Å². The van der Waals surface area contributed by atoms with Gasteiger partial charge in [-0.3, -0.25) is 0 Å². The molecule has 1 aliphatic rings. The van der Waals surface area contributed by atoms with Gasteiger partial charge in [-0.25, -0.2) is 0 Å². The smallest absolute Gasteiger partial charge is 0.0366 e. The summed E-state index contributed by atoms with van der Waals surface area (Å²) in [5.74, 6) is 0.884. The van der Waals surface area contributed by atoms with Gasteiger partial charge in [-0.05, 0) is 18.1 Å². The molecule has 1 aliphatic heterocycles. The molecule has 1 nitrogen and oxygen atoms in total. The summed E-state index contributed by atoms with van der Waals surface area (Å²) < 4.78 is 0. The van der Waals surface area contributed by atoms with Crippen molar-refractivity contribution in [3.05, 3.63) is 30.3 Å². The number of hydrogen-bond acceptors (Lipinski definition) is 1. The van der Waals surface area contributed by atoms with Crippen LogP contribution in [0.3, 0.4) is 0 Å². The fourth-order valence-electron chi connectivity index (χ4n) is 1.55. The molecule has 0 radical (unpaired) electrons. The number of nitrogens with zero attached hydrogens (tertiary/aromatic N) is 1. The predicted molar refractivity (Wildman–Crippen MR) is 47.8 cm³/mol. The van der Waals surface area contributed by atoms with Gasteiger partial charge < -0.3 is 4.90 Å². The van der Waals surface area contributed by atoms with Gasteiger partial charge in [0.05, 0.1) is 0 Å². The topological polar surface area (TPSA) is 3.24 Å². The Morgan fingerprint density at radius 3 is 2.36 bits per heavy atom. The van der Waals surface area contributed by atoms with Gasteiger partial charge in [0.2, 0.25) is 0 Å². The lowest BCUT2D eigenvalue weighted by molar-refractivity contribution is 0.447. The summed E-state index contributed by atoms with van der Waals surface area (Å²) in [7, 11) is 0. The van der Waals surface area contributed by atoms with Crippen LogP contribution < -0.4 is 4.90 Å². The normalized spacial score (nSPS) is 18.1. The zero-order chi connectivity index (χ0) is 7.68. The highest BCUT2D eigenvalue weighted by atomic mass is 15.2. The molecule has 11 heavy (non-hydrogen) atoms. The van der Waals surface area contributed by atoms with E-state index in [1.807, 2.05) is 0 Å². The minimum Gasteiger partial charge on any atom is -0.371 e. The van der Waals surface area contributed by atoms with Gasteiger partial charge in [0.25, 0.3) is 0 Å². The van der Waals surface area contributed by atoms with Gasteiger partial charge in [0.15, 0.2) is 0 Å². The van der Waals surface area contributed by atoms with Crippen LogP contribution in [0.2, 0.25) is 0 Å². The van der Waals surface area contributed by atoms with Crippen LogP contribution in [0.25, 0.3) is 0 Å². The fourth-order valence-corrected chi connectivity index (χ4v) is 1.55. The van der Waals surface area contributed by atoms with Crippen molar-refractivity contribution in [3.8, 4) is 0 Å². The molecular formula is C10H13N. The van der Waals surface area contributed by atoms with E-state index in [1.165, 1.54) is 18.8 Å². The number of benzene rings is 1. The molecule has 0 saturated carbocycles. The van der Waals surface area contributed by atoms with E-state index in [0.717, 1.165) is 5.92 Å². The van der Waals surface area contributed by atoms with E-state index in [0.29, 0.717) is 0 Å². The lowest BCUT2D eigenvalue weighted by atomic mass is 10.0. The SMILES string of the molecule is CC1CN(c2ccccc2)C1. The van der Waals surface area contributed by atoms with E-state index < -0.39 is 0 Å². The molecule has 1 saturated heterocycles. The van der Waals surface area contributed by atoms with Crippen molar-refractivity contribution >= 4 is 5.69 Å². The molecule has 0 bridgehead atoms. The summed E-state index contributed by atoms with van der Waals surface area (Å²) in [5.41, 5.74) is 1.37. The van der Waals surface area contributed by atoms with Crippen LogP contribution in [0, 0.1) is 5.92 Å². The van der Waals surface area contributed by atoms with Crippen LogP contribution in [0.4, 0.5) is 5.69 Å². The van der Waals surface area contributed by atoms with E-state index in [9.17, 15) is 0 Å². The Bertz CT molecular complexity index is 224. The van der Waals surface area contributed by atoms with Crippen LogP contribution in [-0.4, -0.2) is 13.1 Å². The Morgan fingerprint density at radius 1 is 1.18 bits per heavy atom. The number of anilines is 1. The van der Waals surface area contributed by atoms with Crippen molar-refractivity contribution < 1.29 is 0 Å². The predicted octanol–water partition coefficient (Wildman–Crippen LogP) is 2.14. The van der Waals surface area contributed by atoms with Crippen molar-refractivity contribution in [3.63, 3.8) is 0 Å². The third kappa shape index (κ3) is 1.23. The average molecular weight is 147 g/mol. The van der Waals surface area contributed by atoms with Crippen LogP contribution >= 0.6 is 0 Å². The molecule has 0 atom stereocenters. The molecule has 2 rings (SSSR count). The van der Waals surface area contributed by atoms with Crippen molar-refractivity contribution in [2.75, 3.05) is 18.0 Å². The first kappa shape index (κ1) is 6.71. The summed E-state index contributed by atoms with van der Waals surface area (Å²) in [6, 6.07) is 10.6. The van der Waals surface area contributed by atoms with E-state index >= 15 is 0 Å².